The van der Waals surface area contributed by atoms with Gasteiger partial charge < -0.3 is 5.32 Å². The quantitative estimate of drug-likeness (QED) is 0.792. The van der Waals surface area contributed by atoms with Crippen molar-refractivity contribution in [3.05, 3.63) is 70.7 Å². The minimum Gasteiger partial charge on any atom is -0.322 e. The van der Waals surface area contributed by atoms with Gasteiger partial charge >= 0.3 is 0 Å². The molecule has 0 bridgehead atoms. The summed E-state index contributed by atoms with van der Waals surface area (Å²) in [6, 6.07) is 12.0. The fourth-order valence-corrected chi connectivity index (χ4v) is 2.47. The molecule has 0 radical (unpaired) electrons. The molecule has 2 aromatic carbocycles. The molecule has 1 amide bonds. The second-order valence-electron chi connectivity index (χ2n) is 4.44. The number of hydrogen-bond acceptors (Lipinski definition) is 3. The molecule has 22 heavy (non-hydrogen) atoms. The van der Waals surface area contributed by atoms with Crippen LogP contribution in [-0.2, 0) is 0 Å². The maximum atomic E-state index is 12.6. The maximum Gasteiger partial charge on any atom is 0.259 e. The smallest absolute Gasteiger partial charge is 0.259 e. The lowest BCUT2D eigenvalue weighted by Crippen LogP contribution is -2.16. The maximum absolute atomic E-state index is 12.6. The average molecular weight is 333 g/mol. The monoisotopic (exact) mass is 332 g/mol. The number of carbonyl (C=O) groups excluding carboxylic acids is 1. The van der Waals surface area contributed by atoms with E-state index >= 15 is 0 Å². The van der Waals surface area contributed by atoms with Gasteiger partial charge in [-0.3, -0.25) is 4.79 Å². The first-order valence-electron chi connectivity index (χ1n) is 6.35. The molecule has 110 valence electrons. The Morgan fingerprint density at radius 2 is 1.95 bits per heavy atom. The fourth-order valence-electron chi connectivity index (χ4n) is 2.02. The number of anilines is 1. The molecule has 3 aromatic rings. The predicted molar refractivity (Wildman–Crippen MR) is 85.8 cm³/mol. The van der Waals surface area contributed by atoms with E-state index in [-0.39, 0.29) is 5.91 Å². The largest absolute Gasteiger partial charge is 0.322 e. The van der Waals surface area contributed by atoms with Crippen molar-refractivity contribution in [2.45, 2.75) is 0 Å². The number of benzene rings is 2. The van der Waals surface area contributed by atoms with Crippen LogP contribution >= 0.6 is 23.2 Å². The lowest BCUT2D eigenvalue weighted by atomic mass is 10.1. The molecule has 0 atom stereocenters. The summed E-state index contributed by atoms with van der Waals surface area (Å²) in [5.74, 6) is -0.349. The highest BCUT2D eigenvalue weighted by molar-refractivity contribution is 6.35. The van der Waals surface area contributed by atoms with Gasteiger partial charge in [-0.2, -0.15) is 5.10 Å². The number of rotatable bonds is 3. The van der Waals surface area contributed by atoms with Gasteiger partial charge in [-0.05, 0) is 30.3 Å². The van der Waals surface area contributed by atoms with E-state index in [0.717, 1.165) is 0 Å². The van der Waals surface area contributed by atoms with E-state index < -0.39 is 0 Å². The number of aromatic nitrogens is 3. The van der Waals surface area contributed by atoms with E-state index in [1.807, 2.05) is 0 Å². The summed E-state index contributed by atoms with van der Waals surface area (Å²) in [5.41, 5.74) is 1.45. The van der Waals surface area contributed by atoms with Crippen molar-refractivity contribution < 1.29 is 4.79 Å². The normalized spacial score (nSPS) is 10.5. The van der Waals surface area contributed by atoms with Gasteiger partial charge in [-0.15, -0.1) is 0 Å². The van der Waals surface area contributed by atoms with Crippen LogP contribution in [0.15, 0.2) is 55.1 Å². The van der Waals surface area contributed by atoms with Gasteiger partial charge in [0.25, 0.3) is 5.91 Å². The van der Waals surface area contributed by atoms with Crippen LogP contribution in [0.25, 0.3) is 5.69 Å². The van der Waals surface area contributed by atoms with Gasteiger partial charge in [0.2, 0.25) is 0 Å². The zero-order chi connectivity index (χ0) is 15.5. The Kier molecular flexibility index (Phi) is 4.09. The average Bonchev–Trinajstić information content (AvgIpc) is 3.00. The highest BCUT2D eigenvalue weighted by atomic mass is 35.5. The SMILES string of the molecule is O=C(Nc1cccc(Cl)c1)c1c(Cl)cccc1-n1cncn1. The van der Waals surface area contributed by atoms with Gasteiger partial charge in [0.05, 0.1) is 16.3 Å². The molecule has 0 spiro atoms. The van der Waals surface area contributed by atoms with Gasteiger partial charge in [-0.25, -0.2) is 9.67 Å². The van der Waals surface area contributed by atoms with E-state index in [2.05, 4.69) is 15.4 Å². The minimum absolute atomic E-state index is 0.314. The molecule has 0 unspecified atom stereocenters. The third kappa shape index (κ3) is 2.95. The highest BCUT2D eigenvalue weighted by Gasteiger charge is 2.17. The molecule has 0 aliphatic rings. The zero-order valence-electron chi connectivity index (χ0n) is 11.2. The third-order valence-corrected chi connectivity index (χ3v) is 3.52. The summed E-state index contributed by atoms with van der Waals surface area (Å²) >= 11 is 12.1. The minimum atomic E-state index is -0.349. The summed E-state index contributed by atoms with van der Waals surface area (Å²) in [5, 5.41) is 7.67. The van der Waals surface area contributed by atoms with Crippen molar-refractivity contribution >= 4 is 34.8 Å². The number of carbonyl (C=O) groups is 1. The predicted octanol–water partition coefficient (Wildman–Crippen LogP) is 3.83. The zero-order valence-corrected chi connectivity index (χ0v) is 12.7. The molecule has 0 saturated heterocycles. The van der Waals surface area contributed by atoms with Crippen LogP contribution in [0.1, 0.15) is 10.4 Å². The fraction of sp³-hybridized carbons (Fsp3) is 0. The van der Waals surface area contributed by atoms with Crippen LogP contribution in [0.4, 0.5) is 5.69 Å². The van der Waals surface area contributed by atoms with Crippen molar-refractivity contribution in [3.8, 4) is 5.69 Å². The molecule has 1 N–H and O–H groups in total. The molecule has 0 saturated carbocycles. The standard InChI is InChI=1S/C15H10Cl2N4O/c16-10-3-1-4-11(7-10)20-15(22)14-12(17)5-2-6-13(14)21-9-18-8-19-21/h1-9H,(H,20,22). The molecule has 7 heteroatoms. The third-order valence-electron chi connectivity index (χ3n) is 2.97. The second kappa shape index (κ2) is 6.17. The first kappa shape index (κ1) is 14.6. The van der Waals surface area contributed by atoms with Crippen LogP contribution in [0.3, 0.4) is 0 Å². The number of halogens is 2. The Morgan fingerprint density at radius 1 is 1.14 bits per heavy atom. The van der Waals surface area contributed by atoms with Gasteiger partial charge in [0.15, 0.2) is 0 Å². The summed E-state index contributed by atoms with van der Waals surface area (Å²) in [6.07, 6.45) is 2.89. The Bertz CT molecular complexity index is 818. The van der Waals surface area contributed by atoms with Crippen molar-refractivity contribution in [2.75, 3.05) is 5.32 Å². The van der Waals surface area contributed by atoms with Crippen LogP contribution in [0, 0.1) is 0 Å². The highest BCUT2D eigenvalue weighted by Crippen LogP contribution is 2.24. The first-order chi connectivity index (χ1) is 10.6. The molecule has 3 rings (SSSR count). The van der Waals surface area contributed by atoms with Crippen molar-refractivity contribution in [1.29, 1.82) is 0 Å². The van der Waals surface area contributed by atoms with Crippen LogP contribution < -0.4 is 5.32 Å². The van der Waals surface area contributed by atoms with E-state index in [1.54, 1.807) is 42.5 Å². The number of amides is 1. The Labute approximate surface area is 136 Å². The lowest BCUT2D eigenvalue weighted by molar-refractivity contribution is 0.102. The molecule has 5 nitrogen and oxygen atoms in total. The molecule has 0 fully saturated rings. The van der Waals surface area contributed by atoms with E-state index in [4.69, 9.17) is 23.2 Å². The van der Waals surface area contributed by atoms with Crippen molar-refractivity contribution in [3.63, 3.8) is 0 Å². The molecule has 0 aliphatic heterocycles. The number of nitrogens with one attached hydrogen (secondary N) is 1. The van der Waals surface area contributed by atoms with Gasteiger partial charge in [0.1, 0.15) is 12.7 Å². The first-order valence-corrected chi connectivity index (χ1v) is 7.11. The summed E-state index contributed by atoms with van der Waals surface area (Å²) in [6.45, 7) is 0. The Hall–Kier alpha value is -2.37. The van der Waals surface area contributed by atoms with Gasteiger partial charge in [-0.1, -0.05) is 35.3 Å². The van der Waals surface area contributed by atoms with Crippen LogP contribution in [-0.4, -0.2) is 20.7 Å². The summed E-state index contributed by atoms with van der Waals surface area (Å²) in [7, 11) is 0. The summed E-state index contributed by atoms with van der Waals surface area (Å²) < 4.78 is 1.48. The number of hydrogen-bond donors (Lipinski definition) is 1. The molecule has 1 aromatic heterocycles. The topological polar surface area (TPSA) is 59.8 Å². The van der Waals surface area contributed by atoms with Crippen molar-refractivity contribution in [2.24, 2.45) is 0 Å². The summed E-state index contributed by atoms with van der Waals surface area (Å²) in [4.78, 5) is 16.4. The molecular formula is C15H10Cl2N4O. The van der Waals surface area contributed by atoms with E-state index in [1.165, 1.54) is 17.3 Å². The van der Waals surface area contributed by atoms with Gasteiger partial charge in [0, 0.05) is 10.7 Å². The Balaban J connectivity index is 1.99. The van der Waals surface area contributed by atoms with E-state index in [9.17, 15) is 4.79 Å². The van der Waals surface area contributed by atoms with Crippen LogP contribution in [0.2, 0.25) is 10.0 Å². The van der Waals surface area contributed by atoms with Crippen LogP contribution in [0.5, 0.6) is 0 Å². The number of nitrogens with zero attached hydrogens (tertiary/aromatic N) is 3. The molecule has 0 aliphatic carbocycles. The molecule has 1 heterocycles. The molecular weight excluding hydrogens is 323 g/mol. The van der Waals surface area contributed by atoms with E-state index in [0.29, 0.717) is 27.0 Å². The second-order valence-corrected chi connectivity index (χ2v) is 5.28. The van der Waals surface area contributed by atoms with Crippen molar-refractivity contribution in [1.82, 2.24) is 14.8 Å². The lowest BCUT2D eigenvalue weighted by Gasteiger charge is -2.11. The Morgan fingerprint density at radius 3 is 2.68 bits per heavy atom.